The number of hydrogen-bond donors (Lipinski definition) is 0. The molecule has 0 heterocycles. The van der Waals surface area contributed by atoms with Crippen LogP contribution in [0.25, 0.3) is 0 Å². The van der Waals surface area contributed by atoms with Crippen LogP contribution in [0, 0.1) is 0 Å². The second kappa shape index (κ2) is 16.3. The molecule has 7 heteroatoms. The van der Waals surface area contributed by atoms with Gasteiger partial charge in [0.25, 0.3) is 14.3 Å². The van der Waals surface area contributed by atoms with Crippen LogP contribution in [-0.4, -0.2) is 39.4 Å². The zero-order valence-electron chi connectivity index (χ0n) is 18.1. The van der Waals surface area contributed by atoms with Crippen molar-refractivity contribution in [3.63, 3.8) is 0 Å². The molecule has 0 unspecified atom stereocenters. The van der Waals surface area contributed by atoms with Crippen LogP contribution < -0.4 is 0 Å². The van der Waals surface area contributed by atoms with E-state index in [1.165, 1.54) is 0 Å². The number of esters is 2. The lowest BCUT2D eigenvalue weighted by atomic mass is 10.2. The summed E-state index contributed by atoms with van der Waals surface area (Å²) in [6.07, 6.45) is 7.55. The molecule has 0 aliphatic rings. The molecule has 162 valence electrons. The summed E-state index contributed by atoms with van der Waals surface area (Å²) >= 11 is 0. The molecule has 0 saturated heterocycles. The van der Waals surface area contributed by atoms with E-state index in [4.69, 9.17) is 13.9 Å². The van der Waals surface area contributed by atoms with E-state index in [1.54, 1.807) is 0 Å². The Bertz CT molecular complexity index is 472. The molecule has 0 fully saturated rings. The number of hydrogen-bond acceptors (Lipinski definition) is 6. The molecule has 0 atom stereocenters. The Hall–Kier alpha value is -1.63. The average molecular weight is 415 g/mol. The molecule has 0 aromatic carbocycles. The van der Waals surface area contributed by atoms with Gasteiger partial charge in [0, 0.05) is 18.6 Å². The molecule has 0 aromatic heterocycles. The van der Waals surface area contributed by atoms with Gasteiger partial charge in [-0.25, -0.2) is 9.59 Å². The highest BCUT2D eigenvalue weighted by atomic mass is 28.4. The van der Waals surface area contributed by atoms with E-state index < -0.39 is 20.3 Å². The van der Waals surface area contributed by atoms with Crippen LogP contribution >= 0.6 is 0 Å². The fourth-order valence-electron chi connectivity index (χ4n) is 3.17. The first-order chi connectivity index (χ1) is 13.4. The first kappa shape index (κ1) is 26.4. The maximum atomic E-state index is 12.3. The second-order valence-corrected chi connectivity index (χ2v) is 11.1. The minimum Gasteiger partial charge on any atom is -0.519 e. The maximum Gasteiger partial charge on any atom is 0.331 e. The van der Waals surface area contributed by atoms with E-state index in [0.29, 0.717) is 25.9 Å². The highest BCUT2D eigenvalue weighted by Gasteiger charge is 2.35. The highest BCUT2D eigenvalue weighted by molar-refractivity contribution is 6.75. The van der Waals surface area contributed by atoms with E-state index in [2.05, 4.69) is 20.8 Å². The molecule has 0 N–H and O–H groups in total. The van der Waals surface area contributed by atoms with Crippen molar-refractivity contribution in [3.8, 4) is 0 Å². The van der Waals surface area contributed by atoms with Gasteiger partial charge in [-0.15, -0.1) is 0 Å². The third-order valence-corrected chi connectivity index (χ3v) is 9.17. The molecule has 0 radical (unpaired) electrons. The van der Waals surface area contributed by atoms with E-state index >= 15 is 0 Å². The number of unbranched alkanes of at least 4 members (excludes halogenated alkanes) is 1. The molecule has 0 spiro atoms. The standard InChI is InChI=1S/C21H38O6Si/c1-5-14-25-19(22)12-13-20(23)26-15-10-9-11-21(24)27-28(16-6-2,17-7-3)18-8-4/h12-13H,5-11,14-18H2,1-4H3/b13-12+. The Morgan fingerprint density at radius 3 is 1.68 bits per heavy atom. The molecule has 0 aromatic rings. The largest absolute Gasteiger partial charge is 0.519 e. The number of carbonyl (C=O) groups excluding carboxylic acids is 3. The van der Waals surface area contributed by atoms with E-state index in [9.17, 15) is 14.4 Å². The number of carbonyl (C=O) groups is 3. The smallest absolute Gasteiger partial charge is 0.331 e. The lowest BCUT2D eigenvalue weighted by Gasteiger charge is -2.30. The summed E-state index contributed by atoms with van der Waals surface area (Å²) < 4.78 is 15.9. The van der Waals surface area contributed by atoms with Gasteiger partial charge in [-0.2, -0.15) is 0 Å². The van der Waals surface area contributed by atoms with Gasteiger partial charge in [0.15, 0.2) is 0 Å². The van der Waals surface area contributed by atoms with Crippen molar-refractivity contribution in [1.82, 2.24) is 0 Å². The summed E-state index contributed by atoms with van der Waals surface area (Å²) in [5.41, 5.74) is 0. The predicted octanol–water partition coefficient (Wildman–Crippen LogP) is 4.93. The minimum atomic E-state index is -1.96. The van der Waals surface area contributed by atoms with Crippen LogP contribution in [0.2, 0.25) is 18.1 Å². The quantitative estimate of drug-likeness (QED) is 0.154. The Balaban J connectivity index is 4.15. The Labute approximate surface area is 171 Å². The molecular weight excluding hydrogens is 376 g/mol. The van der Waals surface area contributed by atoms with Crippen molar-refractivity contribution in [1.29, 1.82) is 0 Å². The lowest BCUT2D eigenvalue weighted by molar-refractivity contribution is -0.140. The van der Waals surface area contributed by atoms with Crippen molar-refractivity contribution < 1.29 is 28.3 Å². The fourth-order valence-corrected chi connectivity index (χ4v) is 7.54. The van der Waals surface area contributed by atoms with Crippen molar-refractivity contribution in [2.45, 2.75) is 90.8 Å². The van der Waals surface area contributed by atoms with Crippen LogP contribution in [0.5, 0.6) is 0 Å². The van der Waals surface area contributed by atoms with Gasteiger partial charge in [-0.05, 0) is 37.4 Å². The zero-order chi connectivity index (χ0) is 21.3. The van der Waals surface area contributed by atoms with Gasteiger partial charge >= 0.3 is 11.9 Å². The fraction of sp³-hybridized carbons (Fsp3) is 0.762. The van der Waals surface area contributed by atoms with Crippen LogP contribution in [0.15, 0.2) is 12.2 Å². The monoisotopic (exact) mass is 414 g/mol. The normalized spacial score (nSPS) is 11.4. The Morgan fingerprint density at radius 2 is 1.21 bits per heavy atom. The first-order valence-electron chi connectivity index (χ1n) is 10.7. The minimum absolute atomic E-state index is 0.119. The van der Waals surface area contributed by atoms with Crippen LogP contribution in [0.4, 0.5) is 0 Å². The van der Waals surface area contributed by atoms with Crippen LogP contribution in [0.3, 0.4) is 0 Å². The van der Waals surface area contributed by atoms with Gasteiger partial charge in [0.05, 0.1) is 13.2 Å². The van der Waals surface area contributed by atoms with Crippen LogP contribution in [0.1, 0.15) is 72.6 Å². The highest BCUT2D eigenvalue weighted by Crippen LogP contribution is 2.28. The Kier molecular flexibility index (Phi) is 15.4. The van der Waals surface area contributed by atoms with Gasteiger partial charge < -0.3 is 13.9 Å². The van der Waals surface area contributed by atoms with Gasteiger partial charge in [0.1, 0.15) is 0 Å². The molecule has 0 aliphatic carbocycles. The summed E-state index contributed by atoms with van der Waals surface area (Å²) in [5, 5.41) is 0. The molecule has 0 aliphatic heterocycles. The molecule has 0 rings (SSSR count). The van der Waals surface area contributed by atoms with Crippen molar-refractivity contribution >= 4 is 26.2 Å². The molecule has 0 bridgehead atoms. The van der Waals surface area contributed by atoms with Gasteiger partial charge in [-0.1, -0.05) is 47.0 Å². The number of ether oxygens (including phenoxy) is 2. The molecule has 28 heavy (non-hydrogen) atoms. The first-order valence-corrected chi connectivity index (χ1v) is 13.2. The van der Waals surface area contributed by atoms with Crippen molar-refractivity contribution in [2.24, 2.45) is 0 Å². The molecule has 0 saturated carbocycles. The molecule has 0 amide bonds. The summed E-state index contributed by atoms with van der Waals surface area (Å²) in [6, 6.07) is 3.10. The number of rotatable bonds is 16. The summed E-state index contributed by atoms with van der Waals surface area (Å²) in [5.74, 6) is -1.26. The third-order valence-electron chi connectivity index (χ3n) is 4.27. The summed E-state index contributed by atoms with van der Waals surface area (Å²) in [4.78, 5) is 35.1. The topological polar surface area (TPSA) is 78.9 Å². The molecule has 6 nitrogen and oxygen atoms in total. The van der Waals surface area contributed by atoms with Crippen molar-refractivity contribution in [3.05, 3.63) is 12.2 Å². The average Bonchev–Trinajstić information content (AvgIpc) is 2.65. The van der Waals surface area contributed by atoms with E-state index in [1.807, 2.05) is 6.92 Å². The second-order valence-electron chi connectivity index (χ2n) is 7.03. The van der Waals surface area contributed by atoms with Gasteiger partial charge in [-0.3, -0.25) is 4.79 Å². The maximum absolute atomic E-state index is 12.3. The Morgan fingerprint density at radius 1 is 0.714 bits per heavy atom. The predicted molar refractivity (Wildman–Crippen MR) is 112 cm³/mol. The van der Waals surface area contributed by atoms with E-state index in [-0.39, 0.29) is 12.6 Å². The van der Waals surface area contributed by atoms with Crippen LogP contribution in [-0.2, 0) is 28.3 Å². The SMILES string of the molecule is CCCOC(=O)/C=C/C(=O)OCCCCC(=O)O[Si](CCC)(CCC)CCC. The summed E-state index contributed by atoms with van der Waals surface area (Å²) in [7, 11) is -1.96. The summed E-state index contributed by atoms with van der Waals surface area (Å²) in [6.45, 7) is 8.86. The molecular formula is C21H38O6Si. The van der Waals surface area contributed by atoms with Gasteiger partial charge in [0.2, 0.25) is 0 Å². The van der Waals surface area contributed by atoms with Crippen molar-refractivity contribution in [2.75, 3.05) is 13.2 Å². The lowest BCUT2D eigenvalue weighted by Crippen LogP contribution is -2.40. The third kappa shape index (κ3) is 12.7. The zero-order valence-corrected chi connectivity index (χ0v) is 19.1. The van der Waals surface area contributed by atoms with E-state index in [0.717, 1.165) is 56.0 Å².